The molecule has 84 valence electrons. The lowest BCUT2D eigenvalue weighted by Gasteiger charge is -2.22. The molecule has 0 spiro atoms. The summed E-state index contributed by atoms with van der Waals surface area (Å²) in [6.45, 7) is 7.47. The van der Waals surface area contributed by atoms with Crippen molar-refractivity contribution in [1.82, 2.24) is 0 Å². The van der Waals surface area contributed by atoms with Crippen LogP contribution in [0.1, 0.15) is 34.1 Å². The molecule has 4 heteroatoms. The van der Waals surface area contributed by atoms with Crippen molar-refractivity contribution >= 4 is 21.9 Å². The first kappa shape index (κ1) is 13.9. The zero-order valence-electron chi connectivity index (χ0n) is 9.46. The number of hydrogen-bond acceptors (Lipinski definition) is 3. The van der Waals surface area contributed by atoms with E-state index in [1.54, 1.807) is 7.11 Å². The fourth-order valence-electron chi connectivity index (χ4n) is 0.850. The second kappa shape index (κ2) is 5.71. The van der Waals surface area contributed by atoms with Crippen molar-refractivity contribution in [3.8, 4) is 0 Å². The summed E-state index contributed by atoms with van der Waals surface area (Å²) in [5.74, 6) is -0.235. The van der Waals surface area contributed by atoms with Crippen LogP contribution in [0.4, 0.5) is 0 Å². The quantitative estimate of drug-likeness (QED) is 0.580. The summed E-state index contributed by atoms with van der Waals surface area (Å²) < 4.78 is 10.3. The zero-order valence-corrected chi connectivity index (χ0v) is 11.1. The van der Waals surface area contributed by atoms with Crippen molar-refractivity contribution in [3.05, 3.63) is 0 Å². The summed E-state index contributed by atoms with van der Waals surface area (Å²) in [4.78, 5) is 11.2. The maximum Gasteiger partial charge on any atom is 0.320 e. The number of ether oxygens (including phenoxy) is 2. The monoisotopic (exact) mass is 266 g/mol. The third-order valence-electron chi connectivity index (χ3n) is 1.60. The van der Waals surface area contributed by atoms with E-state index in [1.165, 1.54) is 0 Å². The fraction of sp³-hybridized carbons (Fsp3) is 0.900. The highest BCUT2D eigenvalue weighted by atomic mass is 79.9. The van der Waals surface area contributed by atoms with Gasteiger partial charge in [-0.25, -0.2) is 0 Å². The van der Waals surface area contributed by atoms with Crippen LogP contribution in [-0.2, 0) is 14.3 Å². The Morgan fingerprint density at radius 2 is 1.93 bits per heavy atom. The van der Waals surface area contributed by atoms with E-state index in [-0.39, 0.29) is 16.9 Å². The van der Waals surface area contributed by atoms with Crippen LogP contribution in [0, 0.1) is 0 Å². The van der Waals surface area contributed by atoms with Crippen LogP contribution >= 0.6 is 15.9 Å². The first-order valence-corrected chi connectivity index (χ1v) is 5.57. The Labute approximate surface area is 94.3 Å². The molecular weight excluding hydrogens is 248 g/mol. The molecule has 14 heavy (non-hydrogen) atoms. The average molecular weight is 267 g/mol. The highest BCUT2D eigenvalue weighted by Gasteiger charge is 2.24. The van der Waals surface area contributed by atoms with Gasteiger partial charge in [-0.05, 0) is 34.1 Å². The Balaban J connectivity index is 4.00. The molecule has 0 saturated heterocycles. The van der Waals surface area contributed by atoms with Crippen LogP contribution in [0.3, 0.4) is 0 Å². The predicted molar refractivity (Wildman–Crippen MR) is 59.6 cm³/mol. The van der Waals surface area contributed by atoms with Crippen molar-refractivity contribution in [2.45, 2.75) is 50.6 Å². The van der Waals surface area contributed by atoms with Gasteiger partial charge in [0.15, 0.2) is 0 Å². The van der Waals surface area contributed by atoms with Crippen molar-refractivity contribution in [1.29, 1.82) is 0 Å². The van der Waals surface area contributed by atoms with Gasteiger partial charge in [-0.1, -0.05) is 15.9 Å². The van der Waals surface area contributed by atoms with Crippen LogP contribution in [0.5, 0.6) is 0 Å². The molecule has 0 radical (unpaired) electrons. The molecule has 0 aromatic carbocycles. The number of alkyl halides is 1. The molecular formula is C10H19BrO3. The molecule has 0 saturated carbocycles. The lowest BCUT2D eigenvalue weighted by Crippen LogP contribution is -2.30. The highest BCUT2D eigenvalue weighted by molar-refractivity contribution is 9.10. The first-order chi connectivity index (χ1) is 6.26. The third-order valence-corrected chi connectivity index (χ3v) is 2.35. The van der Waals surface area contributed by atoms with Gasteiger partial charge in [-0.3, -0.25) is 4.79 Å². The molecule has 0 heterocycles. The van der Waals surface area contributed by atoms with Gasteiger partial charge in [-0.2, -0.15) is 0 Å². The number of carbonyl (C=O) groups excluding carboxylic acids is 1. The summed E-state index contributed by atoms with van der Waals surface area (Å²) in [7, 11) is 1.62. The van der Waals surface area contributed by atoms with E-state index >= 15 is 0 Å². The molecule has 0 rings (SSSR count). The maximum absolute atomic E-state index is 11.5. The number of rotatable bonds is 4. The zero-order chi connectivity index (χ0) is 11.4. The summed E-state index contributed by atoms with van der Waals surface area (Å²) in [5, 5.41) is 0. The second-order valence-corrected chi connectivity index (χ2v) is 5.39. The van der Waals surface area contributed by atoms with Gasteiger partial charge in [0.2, 0.25) is 0 Å². The Hall–Kier alpha value is -0.0900. The number of esters is 1. The largest absolute Gasteiger partial charge is 0.459 e. The molecule has 2 atom stereocenters. The van der Waals surface area contributed by atoms with Crippen LogP contribution in [-0.4, -0.2) is 29.6 Å². The van der Waals surface area contributed by atoms with E-state index in [4.69, 9.17) is 9.47 Å². The molecule has 0 aliphatic heterocycles. The van der Waals surface area contributed by atoms with Gasteiger partial charge in [0.25, 0.3) is 0 Å². The van der Waals surface area contributed by atoms with E-state index in [1.807, 2.05) is 27.7 Å². The van der Waals surface area contributed by atoms with Crippen LogP contribution in [0.15, 0.2) is 0 Å². The standard InChI is InChI=1S/C10H19BrO3/c1-7(13-5)6-8(11)9(12)14-10(2,3)4/h7-8H,6H2,1-5H3/t7-,8-/m1/s1. The minimum Gasteiger partial charge on any atom is -0.459 e. The van der Waals surface area contributed by atoms with Crippen molar-refractivity contribution < 1.29 is 14.3 Å². The normalized spacial score (nSPS) is 16.1. The van der Waals surface area contributed by atoms with Crippen LogP contribution in [0.25, 0.3) is 0 Å². The Morgan fingerprint density at radius 3 is 2.29 bits per heavy atom. The van der Waals surface area contributed by atoms with E-state index < -0.39 is 5.60 Å². The summed E-state index contributed by atoms with van der Waals surface area (Å²) in [5.41, 5.74) is -0.431. The van der Waals surface area contributed by atoms with Crippen molar-refractivity contribution in [2.75, 3.05) is 7.11 Å². The van der Waals surface area contributed by atoms with E-state index in [2.05, 4.69) is 15.9 Å². The molecule has 0 unspecified atom stereocenters. The Morgan fingerprint density at radius 1 is 1.43 bits per heavy atom. The summed E-state index contributed by atoms with van der Waals surface area (Å²) >= 11 is 3.28. The van der Waals surface area contributed by atoms with Gasteiger partial charge in [0.1, 0.15) is 10.4 Å². The second-order valence-electron chi connectivity index (χ2n) is 4.28. The molecule has 0 amide bonds. The number of methoxy groups -OCH3 is 1. The number of hydrogen-bond donors (Lipinski definition) is 0. The van der Waals surface area contributed by atoms with E-state index in [9.17, 15) is 4.79 Å². The molecule has 0 aromatic heterocycles. The topological polar surface area (TPSA) is 35.5 Å². The Kier molecular flexibility index (Phi) is 5.67. The van der Waals surface area contributed by atoms with Crippen LogP contribution in [0.2, 0.25) is 0 Å². The SMILES string of the molecule is CO[C@H](C)C[C@@H](Br)C(=O)OC(C)(C)C. The van der Waals surface area contributed by atoms with Crippen LogP contribution < -0.4 is 0 Å². The molecule has 0 fully saturated rings. The summed E-state index contributed by atoms with van der Waals surface area (Å²) in [6.07, 6.45) is 0.665. The first-order valence-electron chi connectivity index (χ1n) is 4.66. The van der Waals surface area contributed by atoms with E-state index in [0.717, 1.165) is 0 Å². The third kappa shape index (κ3) is 6.38. The summed E-state index contributed by atoms with van der Waals surface area (Å²) in [6, 6.07) is 0. The lowest BCUT2D eigenvalue weighted by atomic mass is 10.2. The van der Waals surface area contributed by atoms with Gasteiger partial charge >= 0.3 is 5.97 Å². The number of halogens is 1. The molecule has 0 aromatic rings. The van der Waals surface area contributed by atoms with Gasteiger partial charge in [0, 0.05) is 7.11 Å². The lowest BCUT2D eigenvalue weighted by molar-refractivity contribution is -0.154. The smallest absolute Gasteiger partial charge is 0.320 e. The minimum atomic E-state index is -0.431. The molecule has 0 bridgehead atoms. The molecule has 0 N–H and O–H groups in total. The minimum absolute atomic E-state index is 0.0480. The van der Waals surface area contributed by atoms with Crippen molar-refractivity contribution in [3.63, 3.8) is 0 Å². The molecule has 0 aliphatic carbocycles. The van der Waals surface area contributed by atoms with Gasteiger partial charge in [0.05, 0.1) is 6.10 Å². The Bertz CT molecular complexity index is 186. The fourth-order valence-corrected chi connectivity index (χ4v) is 1.47. The molecule has 3 nitrogen and oxygen atoms in total. The number of carbonyl (C=O) groups is 1. The maximum atomic E-state index is 11.5. The van der Waals surface area contributed by atoms with Gasteiger partial charge in [-0.15, -0.1) is 0 Å². The van der Waals surface area contributed by atoms with E-state index in [0.29, 0.717) is 6.42 Å². The van der Waals surface area contributed by atoms with Gasteiger partial charge < -0.3 is 9.47 Å². The van der Waals surface area contributed by atoms with Crippen molar-refractivity contribution in [2.24, 2.45) is 0 Å². The predicted octanol–water partition coefficient (Wildman–Crippen LogP) is 2.52. The molecule has 0 aliphatic rings. The highest BCUT2D eigenvalue weighted by Crippen LogP contribution is 2.16. The average Bonchev–Trinajstić information content (AvgIpc) is 2.00.